The average molecular weight is 313 g/mol. The Bertz CT molecular complexity index is 388. The minimum atomic E-state index is 0.780. The normalized spacial score (nSPS) is 19.1. The van der Waals surface area contributed by atoms with Gasteiger partial charge in [0.1, 0.15) is 0 Å². The van der Waals surface area contributed by atoms with Crippen LogP contribution < -0.4 is 0 Å². The maximum Gasteiger partial charge on any atom is 0.0406 e. The molecule has 0 radical (unpaired) electrons. The Morgan fingerprint density at radius 1 is 1.10 bits per heavy atom. The van der Waals surface area contributed by atoms with Gasteiger partial charge in [0.25, 0.3) is 0 Å². The van der Waals surface area contributed by atoms with E-state index < -0.39 is 0 Å². The van der Waals surface area contributed by atoms with E-state index in [9.17, 15) is 0 Å². The van der Waals surface area contributed by atoms with Crippen molar-refractivity contribution >= 4 is 23.4 Å². The lowest BCUT2D eigenvalue weighted by Gasteiger charge is -2.35. The van der Waals surface area contributed by atoms with Crippen molar-refractivity contribution < 1.29 is 0 Å². The summed E-state index contributed by atoms with van der Waals surface area (Å²) in [5.74, 6) is 0. The summed E-state index contributed by atoms with van der Waals surface area (Å²) in [7, 11) is 0. The van der Waals surface area contributed by atoms with Gasteiger partial charge in [-0.1, -0.05) is 30.7 Å². The molecule has 0 spiro atoms. The van der Waals surface area contributed by atoms with Gasteiger partial charge in [-0.3, -0.25) is 4.90 Å². The van der Waals surface area contributed by atoms with Gasteiger partial charge in [-0.15, -0.1) is 0 Å². The molecule has 20 heavy (non-hydrogen) atoms. The molecule has 1 saturated heterocycles. The predicted molar refractivity (Wildman–Crippen MR) is 90.8 cm³/mol. The maximum absolute atomic E-state index is 5.92. The van der Waals surface area contributed by atoms with Crippen molar-refractivity contribution in [1.29, 1.82) is 0 Å². The van der Waals surface area contributed by atoms with Crippen LogP contribution in [0.2, 0.25) is 5.02 Å². The van der Waals surface area contributed by atoms with Crippen LogP contribution in [0.15, 0.2) is 24.3 Å². The highest BCUT2D eigenvalue weighted by Gasteiger charge is 2.17. The second-order valence-corrected chi connectivity index (χ2v) is 7.29. The molecule has 0 bridgehead atoms. The molecule has 2 rings (SSSR count). The largest absolute Gasteiger partial charge is 0.301 e. The smallest absolute Gasteiger partial charge is 0.0406 e. The molecule has 1 fully saturated rings. The van der Waals surface area contributed by atoms with Crippen molar-refractivity contribution in [3.63, 3.8) is 0 Å². The van der Waals surface area contributed by atoms with Gasteiger partial charge in [0, 0.05) is 43.0 Å². The molecular weight excluding hydrogens is 288 g/mol. The van der Waals surface area contributed by atoms with Gasteiger partial charge < -0.3 is 4.90 Å². The number of benzene rings is 1. The SMILES string of the molecule is CSC(C)CCN1CCN(Cc2ccc(Cl)cc2)CC1. The van der Waals surface area contributed by atoms with Crippen molar-refractivity contribution in [1.82, 2.24) is 9.80 Å². The van der Waals surface area contributed by atoms with Gasteiger partial charge >= 0.3 is 0 Å². The lowest BCUT2D eigenvalue weighted by atomic mass is 10.2. The fourth-order valence-corrected chi connectivity index (χ4v) is 2.97. The molecule has 112 valence electrons. The van der Waals surface area contributed by atoms with Crippen LogP contribution in [-0.4, -0.2) is 54.0 Å². The minimum Gasteiger partial charge on any atom is -0.301 e. The van der Waals surface area contributed by atoms with E-state index in [1.807, 2.05) is 23.9 Å². The summed E-state index contributed by atoms with van der Waals surface area (Å²) in [4.78, 5) is 5.14. The van der Waals surface area contributed by atoms with Crippen LogP contribution in [0.1, 0.15) is 18.9 Å². The van der Waals surface area contributed by atoms with Gasteiger partial charge in [0.15, 0.2) is 0 Å². The Balaban J connectivity index is 1.70. The van der Waals surface area contributed by atoms with Crippen LogP contribution >= 0.6 is 23.4 Å². The van der Waals surface area contributed by atoms with Gasteiger partial charge in [0.05, 0.1) is 0 Å². The molecule has 1 aromatic carbocycles. The molecule has 1 aromatic rings. The third-order valence-corrected chi connectivity index (χ3v) is 5.33. The summed E-state index contributed by atoms with van der Waals surface area (Å²) < 4.78 is 0. The Morgan fingerprint density at radius 2 is 1.70 bits per heavy atom. The highest BCUT2D eigenvalue weighted by atomic mass is 35.5. The predicted octanol–water partition coefficient (Wildman–Crippen LogP) is 3.60. The standard InChI is InChI=1S/C16H25ClN2S/c1-14(20-2)7-8-18-9-11-19(12-10-18)13-15-3-5-16(17)6-4-15/h3-6,14H,7-13H2,1-2H3. The highest BCUT2D eigenvalue weighted by molar-refractivity contribution is 7.99. The summed E-state index contributed by atoms with van der Waals surface area (Å²) in [5, 5.41) is 1.60. The van der Waals surface area contributed by atoms with E-state index in [1.165, 1.54) is 44.7 Å². The molecule has 1 atom stereocenters. The second-order valence-electron chi connectivity index (χ2n) is 5.58. The Morgan fingerprint density at radius 3 is 2.30 bits per heavy atom. The molecule has 1 aliphatic rings. The maximum atomic E-state index is 5.92. The third-order valence-electron chi connectivity index (χ3n) is 4.04. The van der Waals surface area contributed by atoms with Crippen LogP contribution in [-0.2, 0) is 6.54 Å². The van der Waals surface area contributed by atoms with E-state index in [0.717, 1.165) is 16.8 Å². The summed E-state index contributed by atoms with van der Waals surface area (Å²) in [6.07, 6.45) is 3.51. The number of nitrogens with zero attached hydrogens (tertiary/aromatic N) is 2. The topological polar surface area (TPSA) is 6.48 Å². The van der Waals surface area contributed by atoms with Crippen molar-refractivity contribution in [3.8, 4) is 0 Å². The quantitative estimate of drug-likeness (QED) is 0.792. The summed E-state index contributed by atoms with van der Waals surface area (Å²) in [6, 6.07) is 8.23. The molecule has 1 unspecified atom stereocenters. The van der Waals surface area contributed by atoms with E-state index in [0.29, 0.717) is 0 Å². The van der Waals surface area contributed by atoms with Crippen LogP contribution in [0.3, 0.4) is 0 Å². The first-order valence-corrected chi connectivity index (χ1v) is 9.06. The van der Waals surface area contributed by atoms with Crippen molar-refractivity contribution in [2.45, 2.75) is 25.1 Å². The monoisotopic (exact) mass is 312 g/mol. The van der Waals surface area contributed by atoms with Gasteiger partial charge in [-0.2, -0.15) is 11.8 Å². The van der Waals surface area contributed by atoms with Crippen LogP contribution in [0, 0.1) is 0 Å². The fraction of sp³-hybridized carbons (Fsp3) is 0.625. The van der Waals surface area contributed by atoms with Crippen molar-refractivity contribution in [2.75, 3.05) is 39.0 Å². The van der Waals surface area contributed by atoms with Crippen LogP contribution in [0.4, 0.5) is 0 Å². The van der Waals surface area contributed by atoms with Gasteiger partial charge in [-0.05, 0) is 36.9 Å². The van der Waals surface area contributed by atoms with E-state index in [-0.39, 0.29) is 0 Å². The zero-order valence-electron chi connectivity index (χ0n) is 12.5. The molecular formula is C16H25ClN2S. The molecule has 0 amide bonds. The van der Waals surface area contributed by atoms with E-state index >= 15 is 0 Å². The Kier molecular flexibility index (Phi) is 6.69. The number of thioether (sulfide) groups is 1. The molecule has 1 heterocycles. The first kappa shape index (κ1) is 16.2. The fourth-order valence-electron chi connectivity index (χ4n) is 2.50. The number of hydrogen-bond acceptors (Lipinski definition) is 3. The van der Waals surface area contributed by atoms with Gasteiger partial charge in [-0.25, -0.2) is 0 Å². The van der Waals surface area contributed by atoms with Crippen LogP contribution in [0.25, 0.3) is 0 Å². The van der Waals surface area contributed by atoms with Gasteiger partial charge in [0.2, 0.25) is 0 Å². The second kappa shape index (κ2) is 8.28. The lowest BCUT2D eigenvalue weighted by Crippen LogP contribution is -2.46. The third kappa shape index (κ3) is 5.28. The molecule has 1 aliphatic heterocycles. The summed E-state index contributed by atoms with van der Waals surface area (Å²) in [6.45, 7) is 9.38. The Hall–Kier alpha value is -0.220. The molecule has 0 aliphatic carbocycles. The Labute approximate surface area is 132 Å². The molecule has 0 N–H and O–H groups in total. The average Bonchev–Trinajstić information content (AvgIpc) is 2.48. The zero-order valence-corrected chi connectivity index (χ0v) is 14.1. The summed E-state index contributed by atoms with van der Waals surface area (Å²) >= 11 is 7.89. The summed E-state index contributed by atoms with van der Waals surface area (Å²) in [5.41, 5.74) is 1.36. The number of halogens is 1. The highest BCUT2D eigenvalue weighted by Crippen LogP contribution is 2.14. The molecule has 0 aromatic heterocycles. The van der Waals surface area contributed by atoms with E-state index in [1.54, 1.807) is 0 Å². The number of hydrogen-bond donors (Lipinski definition) is 0. The zero-order chi connectivity index (χ0) is 14.4. The number of piperazine rings is 1. The van der Waals surface area contributed by atoms with Crippen molar-refractivity contribution in [2.24, 2.45) is 0 Å². The van der Waals surface area contributed by atoms with Crippen LogP contribution in [0.5, 0.6) is 0 Å². The van der Waals surface area contributed by atoms with Crippen molar-refractivity contribution in [3.05, 3.63) is 34.9 Å². The molecule has 0 saturated carbocycles. The number of rotatable bonds is 6. The molecule has 4 heteroatoms. The lowest BCUT2D eigenvalue weighted by molar-refractivity contribution is 0.126. The minimum absolute atomic E-state index is 0.780. The van der Waals surface area contributed by atoms with E-state index in [2.05, 4.69) is 35.1 Å². The van der Waals surface area contributed by atoms with E-state index in [4.69, 9.17) is 11.6 Å². The first-order chi connectivity index (χ1) is 9.67. The first-order valence-electron chi connectivity index (χ1n) is 7.39. The molecule has 2 nitrogen and oxygen atoms in total.